The van der Waals surface area contributed by atoms with Gasteiger partial charge in [-0.3, -0.25) is 0 Å². The molecule has 0 aromatic rings. The van der Waals surface area contributed by atoms with Crippen LogP contribution in [0.4, 0.5) is 0 Å². The van der Waals surface area contributed by atoms with Crippen LogP contribution >= 0.6 is 0 Å². The average molecular weight is 739 g/mol. The quantitative estimate of drug-likeness (QED) is 0.0684. The third-order valence-electron chi connectivity index (χ3n) is 8.74. The summed E-state index contributed by atoms with van der Waals surface area (Å²) in [5.41, 5.74) is -1.21. The van der Waals surface area contributed by atoms with Gasteiger partial charge in [-0.1, -0.05) is 0 Å². The van der Waals surface area contributed by atoms with Crippen molar-refractivity contribution in [2.24, 2.45) is 10.8 Å². The van der Waals surface area contributed by atoms with E-state index in [1.165, 1.54) is 0 Å². The molecule has 6 rings (SSSR count). The Kier molecular flexibility index (Phi) is 16.4. The minimum atomic E-state index is -0.918. The fourth-order valence-corrected chi connectivity index (χ4v) is 5.19. The first-order valence-corrected chi connectivity index (χ1v) is 18.2. The van der Waals surface area contributed by atoms with E-state index in [-0.39, 0.29) is 76.3 Å². The number of hydrogen-bond donors (Lipinski definition) is 2. The summed E-state index contributed by atoms with van der Waals surface area (Å²) >= 11 is 0. The first-order valence-electron chi connectivity index (χ1n) is 18.2. The summed E-state index contributed by atoms with van der Waals surface area (Å²) in [5.74, 6) is 0. The van der Waals surface area contributed by atoms with Crippen LogP contribution < -0.4 is 0 Å². The molecule has 6 saturated heterocycles. The fourth-order valence-electron chi connectivity index (χ4n) is 5.19. The highest BCUT2D eigenvalue weighted by atomic mass is 16.6. The monoisotopic (exact) mass is 738 g/mol. The Morgan fingerprint density at radius 1 is 0.353 bits per heavy atom. The second-order valence-corrected chi connectivity index (χ2v) is 14.7. The Labute approximate surface area is 299 Å². The van der Waals surface area contributed by atoms with Crippen molar-refractivity contribution in [2.45, 2.75) is 48.8 Å². The lowest BCUT2D eigenvalue weighted by molar-refractivity contribution is -0.127. The Morgan fingerprint density at radius 2 is 0.549 bits per heavy atom. The molecule has 0 amide bonds. The zero-order valence-corrected chi connectivity index (χ0v) is 29.6. The summed E-state index contributed by atoms with van der Waals surface area (Å²) in [4.78, 5) is 0. The van der Waals surface area contributed by atoms with Crippen molar-refractivity contribution in [3.63, 3.8) is 0 Å². The molecule has 8 atom stereocenters. The highest BCUT2D eigenvalue weighted by Gasteiger charge is 2.38. The van der Waals surface area contributed by atoms with Gasteiger partial charge in [0.15, 0.2) is 0 Å². The summed E-state index contributed by atoms with van der Waals surface area (Å²) in [7, 11) is 0. The third-order valence-corrected chi connectivity index (χ3v) is 8.74. The predicted molar refractivity (Wildman–Crippen MR) is 173 cm³/mol. The molecule has 6 heterocycles. The van der Waals surface area contributed by atoms with Gasteiger partial charge >= 0.3 is 0 Å². The van der Waals surface area contributed by atoms with Crippen molar-refractivity contribution in [1.82, 2.24) is 0 Å². The first kappa shape index (κ1) is 40.0. The van der Waals surface area contributed by atoms with E-state index in [1.807, 2.05) is 0 Å². The van der Waals surface area contributed by atoms with Crippen molar-refractivity contribution in [3.05, 3.63) is 0 Å². The fraction of sp³-hybridized carbons (Fsp3) is 1.00. The molecule has 0 aromatic heterocycles. The van der Waals surface area contributed by atoms with Crippen LogP contribution in [-0.2, 0) is 71.1 Å². The number of epoxide rings is 6. The largest absolute Gasteiger partial charge is 0.388 e. The minimum Gasteiger partial charge on any atom is -0.388 e. The molecule has 6 fully saturated rings. The molecule has 0 aromatic carbocycles. The Balaban J connectivity index is 0.890. The Bertz CT molecular complexity index is 788. The smallest absolute Gasteiger partial charge is 0.104 e. The van der Waals surface area contributed by atoms with E-state index in [4.69, 9.17) is 71.1 Å². The topological polar surface area (TPSA) is 199 Å². The molecule has 8 unspecified atom stereocenters. The van der Waals surface area contributed by atoms with Crippen LogP contribution in [0.25, 0.3) is 0 Å². The van der Waals surface area contributed by atoms with E-state index in [2.05, 4.69) is 0 Å². The summed E-state index contributed by atoms with van der Waals surface area (Å²) in [6.07, 6.45) is -1.10. The average Bonchev–Trinajstić information content (AvgIpc) is 3.86. The van der Waals surface area contributed by atoms with Crippen LogP contribution in [0, 0.1) is 10.8 Å². The van der Waals surface area contributed by atoms with E-state index in [1.54, 1.807) is 0 Å². The standard InChI is InChI=1S/C34H58O17/c35-25(3-38-17-33(19-40-5-27-11-46-27,20-41-6-28-12-47-28)21-42-7-29-13-48-29)1-37-2-26(36)4-39-18-34(22-43-8-30-14-49-30,23-44-9-31-15-50-31)24-45-10-32-16-51-32/h25-32,35-36H,1-24H2. The normalized spacial score (nSPS) is 30.7. The van der Waals surface area contributed by atoms with E-state index >= 15 is 0 Å². The van der Waals surface area contributed by atoms with Crippen molar-refractivity contribution >= 4 is 0 Å². The highest BCUT2D eigenvalue weighted by molar-refractivity contribution is 4.84. The van der Waals surface area contributed by atoms with Gasteiger partial charge in [-0.2, -0.15) is 0 Å². The van der Waals surface area contributed by atoms with E-state index in [9.17, 15) is 10.2 Å². The van der Waals surface area contributed by atoms with E-state index in [0.717, 1.165) is 0 Å². The van der Waals surface area contributed by atoms with Gasteiger partial charge in [0.05, 0.1) is 169 Å². The van der Waals surface area contributed by atoms with Gasteiger partial charge < -0.3 is 81.3 Å². The van der Waals surface area contributed by atoms with Crippen LogP contribution in [0.2, 0.25) is 0 Å². The molecule has 6 aliphatic heterocycles. The molecule has 0 spiro atoms. The molecule has 0 bridgehead atoms. The molecule has 0 radical (unpaired) electrons. The van der Waals surface area contributed by atoms with Gasteiger partial charge in [0.1, 0.15) is 48.8 Å². The lowest BCUT2D eigenvalue weighted by Crippen LogP contribution is -2.43. The van der Waals surface area contributed by atoms with Gasteiger partial charge in [0.2, 0.25) is 0 Å². The van der Waals surface area contributed by atoms with Gasteiger partial charge in [-0.05, 0) is 0 Å². The highest BCUT2D eigenvalue weighted by Crippen LogP contribution is 2.26. The molecule has 2 N–H and O–H groups in total. The number of hydrogen-bond acceptors (Lipinski definition) is 17. The first-order chi connectivity index (χ1) is 25.0. The van der Waals surface area contributed by atoms with Crippen LogP contribution in [0.1, 0.15) is 0 Å². The van der Waals surface area contributed by atoms with Crippen LogP contribution in [0.15, 0.2) is 0 Å². The molecule has 17 heteroatoms. The number of aliphatic hydroxyl groups is 2. The summed E-state index contributed by atoms with van der Waals surface area (Å²) in [6.45, 7) is 9.60. The van der Waals surface area contributed by atoms with Gasteiger partial charge in [0, 0.05) is 0 Å². The summed E-state index contributed by atoms with van der Waals surface area (Å²) in [5, 5.41) is 21.2. The van der Waals surface area contributed by atoms with Crippen LogP contribution in [-0.4, -0.2) is 218 Å². The maximum Gasteiger partial charge on any atom is 0.104 e. The van der Waals surface area contributed by atoms with Gasteiger partial charge in [0.25, 0.3) is 0 Å². The molecule has 17 nitrogen and oxygen atoms in total. The Hall–Kier alpha value is -0.680. The summed E-state index contributed by atoms with van der Waals surface area (Å²) < 4.78 is 85.1. The number of ether oxygens (including phenoxy) is 15. The van der Waals surface area contributed by atoms with Crippen molar-refractivity contribution in [2.75, 3.05) is 159 Å². The maximum atomic E-state index is 10.6. The number of aliphatic hydroxyl groups excluding tert-OH is 2. The maximum absolute atomic E-state index is 10.6. The van der Waals surface area contributed by atoms with Crippen LogP contribution in [0.3, 0.4) is 0 Å². The number of rotatable bonds is 36. The molecular weight excluding hydrogens is 680 g/mol. The van der Waals surface area contributed by atoms with E-state index < -0.39 is 23.0 Å². The SMILES string of the molecule is OC(COCC(O)COCC(COCC1CO1)(COCC1CO1)COCC1CO1)COCC(COCC1CO1)(COCC1CO1)COCC1CO1. The molecule has 51 heavy (non-hydrogen) atoms. The van der Waals surface area contributed by atoms with Crippen molar-refractivity contribution < 1.29 is 81.3 Å². The second kappa shape index (κ2) is 20.8. The van der Waals surface area contributed by atoms with Crippen molar-refractivity contribution in [3.8, 4) is 0 Å². The lowest BCUT2D eigenvalue weighted by atomic mass is 9.92. The second-order valence-electron chi connectivity index (χ2n) is 14.7. The van der Waals surface area contributed by atoms with Crippen LogP contribution in [0.5, 0.6) is 0 Å². The lowest BCUT2D eigenvalue weighted by Gasteiger charge is -2.33. The zero-order chi connectivity index (χ0) is 35.2. The van der Waals surface area contributed by atoms with Gasteiger partial charge in [-0.15, -0.1) is 0 Å². The minimum absolute atomic E-state index is 0.0176. The summed E-state index contributed by atoms with van der Waals surface area (Å²) in [6, 6.07) is 0. The molecular formula is C34H58O17. The zero-order valence-electron chi connectivity index (χ0n) is 29.6. The third kappa shape index (κ3) is 17.6. The van der Waals surface area contributed by atoms with Crippen molar-refractivity contribution in [1.29, 1.82) is 0 Å². The molecule has 0 saturated carbocycles. The molecule has 296 valence electrons. The molecule has 6 aliphatic rings. The molecule has 0 aliphatic carbocycles. The Morgan fingerprint density at radius 3 is 0.765 bits per heavy atom. The van der Waals surface area contributed by atoms with E-state index in [0.29, 0.717) is 119 Å². The predicted octanol–water partition coefficient (Wildman–Crippen LogP) is -1.78. The van der Waals surface area contributed by atoms with Gasteiger partial charge in [-0.25, -0.2) is 0 Å².